The summed E-state index contributed by atoms with van der Waals surface area (Å²) in [6, 6.07) is 3.86. The second-order valence-electron chi connectivity index (χ2n) is 3.88. The predicted octanol–water partition coefficient (Wildman–Crippen LogP) is 2.37. The summed E-state index contributed by atoms with van der Waals surface area (Å²) >= 11 is 0. The van der Waals surface area contributed by atoms with E-state index < -0.39 is 0 Å². The highest BCUT2D eigenvalue weighted by Crippen LogP contribution is 2.31. The quantitative estimate of drug-likeness (QED) is 0.771. The first-order valence-corrected chi connectivity index (χ1v) is 5.06. The van der Waals surface area contributed by atoms with Gasteiger partial charge >= 0.3 is 0 Å². The Morgan fingerprint density at radius 3 is 2.92 bits per heavy atom. The molecule has 1 aliphatic rings. The lowest BCUT2D eigenvalue weighted by atomic mass is 9.79. The monoisotopic (exact) mass is 180 g/mol. The zero-order valence-electron chi connectivity index (χ0n) is 7.78. The minimum Gasteiger partial charge on any atom is -0.469 e. The highest BCUT2D eigenvalue weighted by molar-refractivity contribution is 4.98. The first-order chi connectivity index (χ1) is 6.36. The molecule has 1 aliphatic carbocycles. The van der Waals surface area contributed by atoms with Gasteiger partial charge in [0.15, 0.2) is 0 Å². The van der Waals surface area contributed by atoms with Crippen LogP contribution in [-0.2, 0) is 6.42 Å². The summed E-state index contributed by atoms with van der Waals surface area (Å²) in [5.41, 5.74) is 0. The maximum absolute atomic E-state index is 9.73. The van der Waals surface area contributed by atoms with Gasteiger partial charge in [0.25, 0.3) is 0 Å². The van der Waals surface area contributed by atoms with Crippen molar-refractivity contribution in [2.24, 2.45) is 5.92 Å². The molecule has 0 spiro atoms. The molecule has 0 saturated heterocycles. The van der Waals surface area contributed by atoms with Crippen LogP contribution in [0.4, 0.5) is 0 Å². The van der Waals surface area contributed by atoms with E-state index in [1.54, 1.807) is 6.26 Å². The third-order valence-corrected chi connectivity index (χ3v) is 2.96. The van der Waals surface area contributed by atoms with Gasteiger partial charge in [-0.3, -0.25) is 0 Å². The largest absolute Gasteiger partial charge is 0.469 e. The van der Waals surface area contributed by atoms with Crippen molar-refractivity contribution in [3.05, 3.63) is 24.2 Å². The Kier molecular flexibility index (Phi) is 2.69. The van der Waals surface area contributed by atoms with Crippen LogP contribution in [-0.4, -0.2) is 11.2 Å². The van der Waals surface area contributed by atoms with Gasteiger partial charge in [0, 0.05) is 6.42 Å². The minimum absolute atomic E-state index is 0.112. The maximum Gasteiger partial charge on any atom is 0.103 e. The Bertz CT molecular complexity index is 237. The average Bonchev–Trinajstić information content (AvgIpc) is 2.49. The van der Waals surface area contributed by atoms with Crippen molar-refractivity contribution in [3.8, 4) is 0 Å². The molecule has 0 bridgehead atoms. The summed E-state index contributed by atoms with van der Waals surface area (Å²) in [7, 11) is 0. The highest BCUT2D eigenvalue weighted by Gasteiger charge is 2.25. The van der Waals surface area contributed by atoms with Gasteiger partial charge < -0.3 is 9.52 Å². The summed E-state index contributed by atoms with van der Waals surface area (Å²) in [5.74, 6) is 1.55. The fraction of sp³-hybridized carbons (Fsp3) is 0.636. The topological polar surface area (TPSA) is 33.4 Å². The Labute approximate surface area is 78.6 Å². The molecule has 1 heterocycles. The van der Waals surface area contributed by atoms with Crippen molar-refractivity contribution in [2.75, 3.05) is 0 Å². The molecule has 72 valence electrons. The molecule has 0 radical (unpaired) electrons. The maximum atomic E-state index is 9.73. The predicted molar refractivity (Wildman–Crippen MR) is 50.4 cm³/mol. The van der Waals surface area contributed by atoms with E-state index in [1.165, 1.54) is 19.3 Å². The fourth-order valence-electron chi connectivity index (χ4n) is 1.81. The van der Waals surface area contributed by atoms with E-state index in [0.717, 1.165) is 18.6 Å². The van der Waals surface area contributed by atoms with Crippen LogP contribution in [0.1, 0.15) is 31.4 Å². The SMILES string of the molecule is OC(CCc1ccco1)C1CCC1. The zero-order valence-corrected chi connectivity index (χ0v) is 7.78. The standard InChI is InChI=1S/C11H16O2/c12-11(9-3-1-4-9)7-6-10-5-2-8-13-10/h2,5,8-9,11-12H,1,3-4,6-7H2. The van der Waals surface area contributed by atoms with Crippen molar-refractivity contribution >= 4 is 0 Å². The molecule has 1 N–H and O–H groups in total. The number of aryl methyl sites for hydroxylation is 1. The number of furan rings is 1. The third kappa shape index (κ3) is 2.13. The van der Waals surface area contributed by atoms with E-state index in [0.29, 0.717) is 5.92 Å². The third-order valence-electron chi connectivity index (χ3n) is 2.96. The van der Waals surface area contributed by atoms with E-state index in [4.69, 9.17) is 4.42 Å². The molecule has 1 saturated carbocycles. The van der Waals surface area contributed by atoms with Gasteiger partial charge in [0.2, 0.25) is 0 Å². The van der Waals surface area contributed by atoms with E-state index in [1.807, 2.05) is 12.1 Å². The number of hydrogen-bond donors (Lipinski definition) is 1. The van der Waals surface area contributed by atoms with Crippen molar-refractivity contribution in [1.29, 1.82) is 0 Å². The van der Waals surface area contributed by atoms with E-state index >= 15 is 0 Å². The molecule has 2 nitrogen and oxygen atoms in total. The highest BCUT2D eigenvalue weighted by atomic mass is 16.3. The molecule has 1 aromatic heterocycles. The van der Waals surface area contributed by atoms with Crippen LogP contribution < -0.4 is 0 Å². The van der Waals surface area contributed by atoms with Crippen LogP contribution in [0.5, 0.6) is 0 Å². The summed E-state index contributed by atoms with van der Waals surface area (Å²) in [6.45, 7) is 0. The molecule has 1 aromatic rings. The van der Waals surface area contributed by atoms with E-state index in [9.17, 15) is 5.11 Å². The Hall–Kier alpha value is -0.760. The van der Waals surface area contributed by atoms with Crippen LogP contribution in [0.2, 0.25) is 0 Å². The van der Waals surface area contributed by atoms with E-state index in [-0.39, 0.29) is 6.10 Å². The second-order valence-corrected chi connectivity index (χ2v) is 3.88. The molecule has 13 heavy (non-hydrogen) atoms. The number of aliphatic hydroxyl groups excluding tert-OH is 1. The molecule has 0 aromatic carbocycles. The summed E-state index contributed by atoms with van der Waals surface area (Å²) in [5, 5.41) is 9.73. The first kappa shape index (κ1) is 8.82. The lowest BCUT2D eigenvalue weighted by Crippen LogP contribution is -2.26. The van der Waals surface area contributed by atoms with Gasteiger partial charge in [-0.15, -0.1) is 0 Å². The Balaban J connectivity index is 1.72. The lowest BCUT2D eigenvalue weighted by molar-refractivity contribution is 0.0549. The van der Waals surface area contributed by atoms with Crippen LogP contribution in [0.3, 0.4) is 0 Å². The van der Waals surface area contributed by atoms with Crippen LogP contribution in [0, 0.1) is 5.92 Å². The summed E-state index contributed by atoms with van der Waals surface area (Å²) in [4.78, 5) is 0. The number of aliphatic hydroxyl groups is 1. The fourth-order valence-corrected chi connectivity index (χ4v) is 1.81. The zero-order chi connectivity index (χ0) is 9.10. The van der Waals surface area contributed by atoms with Gasteiger partial charge in [0.1, 0.15) is 5.76 Å². The van der Waals surface area contributed by atoms with Gasteiger partial charge in [-0.05, 0) is 37.3 Å². The number of hydrogen-bond acceptors (Lipinski definition) is 2. The van der Waals surface area contributed by atoms with Crippen LogP contribution in [0.15, 0.2) is 22.8 Å². The summed E-state index contributed by atoms with van der Waals surface area (Å²) in [6.07, 6.45) is 6.99. The van der Waals surface area contributed by atoms with Gasteiger partial charge in [-0.25, -0.2) is 0 Å². The number of rotatable bonds is 4. The Morgan fingerprint density at radius 1 is 1.54 bits per heavy atom. The van der Waals surface area contributed by atoms with Crippen molar-refractivity contribution in [3.63, 3.8) is 0 Å². The van der Waals surface area contributed by atoms with Crippen LogP contribution in [0.25, 0.3) is 0 Å². The molecule has 1 atom stereocenters. The van der Waals surface area contributed by atoms with Gasteiger partial charge in [-0.1, -0.05) is 6.42 Å². The second kappa shape index (κ2) is 3.97. The molecule has 0 aliphatic heterocycles. The Morgan fingerprint density at radius 2 is 2.38 bits per heavy atom. The normalized spacial score (nSPS) is 19.8. The molecule has 2 heteroatoms. The lowest BCUT2D eigenvalue weighted by Gasteiger charge is -2.30. The van der Waals surface area contributed by atoms with E-state index in [2.05, 4.69) is 0 Å². The molecule has 2 rings (SSSR count). The van der Waals surface area contributed by atoms with Gasteiger partial charge in [0.05, 0.1) is 12.4 Å². The average molecular weight is 180 g/mol. The molecule has 1 fully saturated rings. The molecule has 1 unspecified atom stereocenters. The van der Waals surface area contributed by atoms with Crippen molar-refractivity contribution in [2.45, 2.75) is 38.2 Å². The summed E-state index contributed by atoms with van der Waals surface area (Å²) < 4.78 is 5.20. The first-order valence-electron chi connectivity index (χ1n) is 5.06. The minimum atomic E-state index is -0.112. The van der Waals surface area contributed by atoms with Gasteiger partial charge in [-0.2, -0.15) is 0 Å². The molecular weight excluding hydrogens is 164 g/mol. The van der Waals surface area contributed by atoms with Crippen molar-refractivity contribution in [1.82, 2.24) is 0 Å². The molecule has 0 amide bonds. The van der Waals surface area contributed by atoms with Crippen LogP contribution >= 0.6 is 0 Å². The van der Waals surface area contributed by atoms with Crippen molar-refractivity contribution < 1.29 is 9.52 Å². The molecular formula is C11H16O2. The smallest absolute Gasteiger partial charge is 0.103 e.